The van der Waals surface area contributed by atoms with E-state index in [9.17, 15) is 28.8 Å². The van der Waals surface area contributed by atoms with Crippen LogP contribution in [0.3, 0.4) is 0 Å². The van der Waals surface area contributed by atoms with E-state index in [0.29, 0.717) is 12.2 Å². The molecular weight excluding hydrogens is 1050 g/mol. The molecule has 74 heavy (non-hydrogen) atoms. The highest BCUT2D eigenvalue weighted by Gasteiger charge is 2.29. The number of hydrazine groups is 2. The Hall–Kier alpha value is -7.01. The second kappa shape index (κ2) is 25.8. The molecular formula is C50H49Cl3N12O7S2. The van der Waals surface area contributed by atoms with Gasteiger partial charge in [0.2, 0.25) is 10.2 Å². The molecule has 0 saturated carbocycles. The van der Waals surface area contributed by atoms with Gasteiger partial charge < -0.3 is 26.8 Å². The fraction of sp³-hybridized carbons (Fsp3) is 0.240. The average molecular weight is 1100 g/mol. The summed E-state index contributed by atoms with van der Waals surface area (Å²) >= 11 is 14.9. The lowest BCUT2D eigenvalue weighted by Gasteiger charge is -2.22. The van der Waals surface area contributed by atoms with E-state index in [-0.39, 0.29) is 73.6 Å². The Morgan fingerprint density at radius 1 is 0.595 bits per heavy atom. The summed E-state index contributed by atoms with van der Waals surface area (Å²) in [5.41, 5.74) is 24.4. The number of carbonyl (C=O) groups is 6. The minimum absolute atomic E-state index is 0. The zero-order chi connectivity index (χ0) is 51.4. The number of rotatable bonds is 9. The summed E-state index contributed by atoms with van der Waals surface area (Å²) in [6.07, 6.45) is 14.5. The molecule has 384 valence electrons. The normalized spacial score (nSPS) is 17.9. The molecule has 5 amide bonds. The number of carboxylic acid groups (broad SMARTS) is 1. The van der Waals surface area contributed by atoms with Crippen molar-refractivity contribution >= 4 is 105 Å². The Morgan fingerprint density at radius 3 is 1.50 bits per heavy atom. The molecule has 6 heterocycles. The molecule has 19 nitrogen and oxygen atoms in total. The molecule has 10 N–H and O–H groups in total. The van der Waals surface area contributed by atoms with Gasteiger partial charge >= 0.3 is 18.0 Å². The van der Waals surface area contributed by atoms with E-state index in [0.717, 1.165) is 77.4 Å². The van der Waals surface area contributed by atoms with E-state index in [2.05, 4.69) is 69.7 Å². The van der Waals surface area contributed by atoms with Gasteiger partial charge in [0.1, 0.15) is 0 Å². The lowest BCUT2D eigenvalue weighted by molar-refractivity contribution is -0.112. The number of carbonyl (C=O) groups excluding carboxylic acids is 5. The number of aromatic carboxylic acids is 1. The maximum Gasteiger partial charge on any atom is 0.337 e. The Labute approximate surface area is 449 Å². The van der Waals surface area contributed by atoms with Crippen LogP contribution in [0, 0.1) is 0 Å². The lowest BCUT2D eigenvalue weighted by Crippen LogP contribution is -2.41. The lowest BCUT2D eigenvalue weighted by atomic mass is 9.96. The molecule has 2 saturated heterocycles. The predicted molar refractivity (Wildman–Crippen MR) is 287 cm³/mol. The molecule has 2 fully saturated rings. The first-order valence-corrected chi connectivity index (χ1v) is 25.7. The summed E-state index contributed by atoms with van der Waals surface area (Å²) < 4.78 is 0. The van der Waals surface area contributed by atoms with Gasteiger partial charge in [0, 0.05) is 48.7 Å². The van der Waals surface area contributed by atoms with Crippen LogP contribution in [0.1, 0.15) is 90.1 Å². The molecule has 2 aromatic carbocycles. The minimum atomic E-state index is -1.14. The summed E-state index contributed by atoms with van der Waals surface area (Å²) in [6, 6.07) is 20.2. The van der Waals surface area contributed by atoms with Gasteiger partial charge in [0.25, 0.3) is 5.91 Å². The number of anilines is 2. The summed E-state index contributed by atoms with van der Waals surface area (Å²) in [5, 5.41) is 18.0. The van der Waals surface area contributed by atoms with Gasteiger partial charge in [-0.1, -0.05) is 95.3 Å². The number of hydrogen-bond acceptors (Lipinski definition) is 15. The highest BCUT2D eigenvalue weighted by molar-refractivity contribution is 8.14. The van der Waals surface area contributed by atoms with Crippen LogP contribution in [-0.4, -0.2) is 82.8 Å². The van der Waals surface area contributed by atoms with Crippen molar-refractivity contribution in [1.82, 2.24) is 46.7 Å². The maximum atomic E-state index is 12.9. The largest absolute Gasteiger partial charge is 0.478 e. The SMILES string of the molecule is Cl.NC1CCSC1=O.O=C(NNc1ncc(C(=O)NC2CCSC2=O)cc1Cl)NC1c2ccccc2CCc2cnccc21.O=C(NNc1ncc(C(=O)O)cc1Cl)NC1c2ccccc2CCc2cnccc21. The number of fused-ring (bicyclic) bond motifs is 4. The molecule has 0 spiro atoms. The van der Waals surface area contributed by atoms with E-state index in [1.54, 1.807) is 12.4 Å². The minimum Gasteiger partial charge on any atom is -0.478 e. The number of halogens is 3. The number of aryl methyl sites for hydroxylation is 4. The predicted octanol–water partition coefficient (Wildman–Crippen LogP) is 7.15. The Balaban J connectivity index is 0.000000191. The third kappa shape index (κ3) is 13.8. The van der Waals surface area contributed by atoms with Crippen LogP contribution in [0.25, 0.3) is 0 Å². The van der Waals surface area contributed by atoms with Crippen molar-refractivity contribution in [1.29, 1.82) is 0 Å². The van der Waals surface area contributed by atoms with Crippen molar-refractivity contribution in [3.8, 4) is 0 Å². The molecule has 4 aliphatic rings. The van der Waals surface area contributed by atoms with Crippen LogP contribution in [0.2, 0.25) is 10.0 Å². The maximum absolute atomic E-state index is 12.9. The number of pyridine rings is 4. The second-order valence-corrected chi connectivity index (χ2v) is 19.8. The molecule has 6 aromatic rings. The molecule has 24 heteroatoms. The summed E-state index contributed by atoms with van der Waals surface area (Å²) in [6.45, 7) is 0. The fourth-order valence-electron chi connectivity index (χ4n) is 8.38. The smallest absolute Gasteiger partial charge is 0.337 e. The highest BCUT2D eigenvalue weighted by atomic mass is 35.5. The number of urea groups is 2. The van der Waals surface area contributed by atoms with Crippen LogP contribution in [0.5, 0.6) is 0 Å². The number of benzene rings is 2. The average Bonchev–Trinajstić information content (AvgIpc) is 3.89. The first kappa shape index (κ1) is 54.8. The Morgan fingerprint density at radius 2 is 1.05 bits per heavy atom. The van der Waals surface area contributed by atoms with Gasteiger partial charge in [-0.3, -0.25) is 46.1 Å². The third-order valence-electron chi connectivity index (χ3n) is 12.1. The molecule has 0 radical (unpaired) electrons. The zero-order valence-corrected chi connectivity index (χ0v) is 43.1. The molecule has 10 rings (SSSR count). The molecule has 4 unspecified atom stereocenters. The summed E-state index contributed by atoms with van der Waals surface area (Å²) in [4.78, 5) is 87.6. The van der Waals surface area contributed by atoms with Crippen LogP contribution >= 0.6 is 59.1 Å². The number of nitrogens with zero attached hydrogens (tertiary/aromatic N) is 4. The number of nitrogens with one attached hydrogen (secondary N) is 7. The van der Waals surface area contributed by atoms with Crippen LogP contribution in [-0.2, 0) is 35.3 Å². The molecule has 2 aliphatic heterocycles. The van der Waals surface area contributed by atoms with E-state index < -0.39 is 30.0 Å². The first-order chi connectivity index (χ1) is 35.3. The van der Waals surface area contributed by atoms with Crippen molar-refractivity contribution in [2.45, 2.75) is 62.7 Å². The highest BCUT2D eigenvalue weighted by Crippen LogP contribution is 2.34. The number of nitrogens with two attached hydrogens (primary N) is 1. The van der Waals surface area contributed by atoms with Crippen LogP contribution in [0.4, 0.5) is 21.2 Å². The molecule has 4 atom stereocenters. The molecule has 0 bridgehead atoms. The topological polar surface area (TPSA) is 284 Å². The third-order valence-corrected chi connectivity index (χ3v) is 14.7. The van der Waals surface area contributed by atoms with Gasteiger partial charge in [-0.25, -0.2) is 24.4 Å². The quantitative estimate of drug-likeness (QED) is 0.0650. The summed E-state index contributed by atoms with van der Waals surface area (Å²) in [5.74, 6) is 0.364. The number of hydrogen-bond donors (Lipinski definition) is 9. The van der Waals surface area contributed by atoms with Crippen LogP contribution in [0.15, 0.2) is 110 Å². The first-order valence-electron chi connectivity index (χ1n) is 22.9. The van der Waals surface area contributed by atoms with Crippen LogP contribution < -0.4 is 43.4 Å². The number of amides is 5. The van der Waals surface area contributed by atoms with Crippen molar-refractivity contribution in [3.63, 3.8) is 0 Å². The summed E-state index contributed by atoms with van der Waals surface area (Å²) in [7, 11) is 0. The van der Waals surface area contributed by atoms with Gasteiger partial charge in [-0.05, 0) is 107 Å². The van der Waals surface area contributed by atoms with Gasteiger partial charge in [0.15, 0.2) is 11.6 Å². The Kier molecular flexibility index (Phi) is 19.1. The van der Waals surface area contributed by atoms with E-state index in [1.807, 2.05) is 60.9 Å². The van der Waals surface area contributed by atoms with Crippen molar-refractivity contribution < 1.29 is 33.9 Å². The number of thioether (sulfide) groups is 2. The van der Waals surface area contributed by atoms with Crippen molar-refractivity contribution in [2.75, 3.05) is 22.4 Å². The zero-order valence-electron chi connectivity index (χ0n) is 39.1. The van der Waals surface area contributed by atoms with Crippen molar-refractivity contribution in [2.24, 2.45) is 5.73 Å². The molecule has 2 aliphatic carbocycles. The van der Waals surface area contributed by atoms with E-state index >= 15 is 0 Å². The van der Waals surface area contributed by atoms with E-state index in [4.69, 9.17) is 34.0 Å². The van der Waals surface area contributed by atoms with Gasteiger partial charge in [-0.15, -0.1) is 12.4 Å². The molecule has 4 aromatic heterocycles. The number of aromatic nitrogens is 4. The van der Waals surface area contributed by atoms with Crippen molar-refractivity contribution in [3.05, 3.63) is 176 Å². The number of carboxylic acids is 1. The second-order valence-electron chi connectivity index (χ2n) is 16.8. The van der Waals surface area contributed by atoms with Gasteiger partial charge in [-0.2, -0.15) is 0 Å². The van der Waals surface area contributed by atoms with Gasteiger partial charge in [0.05, 0.1) is 45.3 Å². The monoisotopic (exact) mass is 1100 g/mol. The Bertz CT molecular complexity index is 2970. The standard InChI is InChI=1S/C25H23ClN6O3S.C21H18ClN5O3.C4H7NOS.ClH/c26-19-11-16(23(33)29-20-8-10-36-24(20)34)13-28-22(19)31-32-25(35)30-21-17-4-2-1-3-14(17)5-6-15-12-27-9-7-18(15)21;22-17-9-14(20(28)29)11-24-19(17)26-27-21(30)25-18-15-4-2-1-3-12(15)5-6-13-10-23-8-7-16(13)18;5-3-1-2-7-4(3)6;/h1-4,7,9,11-13,20-21H,5-6,8,10H2,(H,28,31)(H,29,33)(H2,30,32,35);1-4,7-11,18H,5-6H2,(H,24,26)(H,28,29)(H2,25,27,30);3H,1-2,5H2;1H. The van der Waals surface area contributed by atoms with E-state index in [1.165, 1.54) is 53.0 Å². The fourth-order valence-corrected chi connectivity index (χ4v) is 10.6.